The normalized spacial score (nSPS) is 9.81. The van der Waals surface area contributed by atoms with Gasteiger partial charge >= 0.3 is 5.97 Å². The first-order valence-corrected chi connectivity index (χ1v) is 5.20. The molecular formula is C10H8N2O3S. The summed E-state index contributed by atoms with van der Waals surface area (Å²) in [5.74, 6) is 0.254. The molecule has 1 aromatic carbocycles. The summed E-state index contributed by atoms with van der Waals surface area (Å²) >= 11 is 1.16. The van der Waals surface area contributed by atoms with Gasteiger partial charge in [-0.05, 0) is 24.3 Å². The SMILES string of the molecule is COC(=O)c1ccc(Oc2cnns2)cc1. The Morgan fingerprint density at radius 2 is 2.06 bits per heavy atom. The van der Waals surface area contributed by atoms with Crippen molar-refractivity contribution in [1.29, 1.82) is 0 Å². The molecule has 1 heterocycles. The number of carbonyl (C=O) groups is 1. The molecular weight excluding hydrogens is 228 g/mol. The Balaban J connectivity index is 2.10. The number of rotatable bonds is 3. The molecule has 1 aromatic heterocycles. The summed E-state index contributed by atoms with van der Waals surface area (Å²) in [6.07, 6.45) is 1.53. The third-order valence-electron chi connectivity index (χ3n) is 1.83. The van der Waals surface area contributed by atoms with Crippen LogP contribution in [0.3, 0.4) is 0 Å². The molecule has 0 aliphatic heterocycles. The Kier molecular flexibility index (Phi) is 3.11. The standard InChI is InChI=1S/C10H8N2O3S/c1-14-10(13)7-2-4-8(5-3-7)15-9-6-11-12-16-9/h2-6H,1H3. The third-order valence-corrected chi connectivity index (χ3v) is 2.38. The average Bonchev–Trinajstić information content (AvgIpc) is 2.82. The lowest BCUT2D eigenvalue weighted by Crippen LogP contribution is -2.00. The summed E-state index contributed by atoms with van der Waals surface area (Å²) in [4.78, 5) is 11.2. The van der Waals surface area contributed by atoms with Crippen LogP contribution in [0, 0.1) is 0 Å². The molecule has 16 heavy (non-hydrogen) atoms. The van der Waals surface area contributed by atoms with E-state index in [9.17, 15) is 4.79 Å². The van der Waals surface area contributed by atoms with E-state index in [-0.39, 0.29) is 5.97 Å². The van der Waals surface area contributed by atoms with Crippen molar-refractivity contribution in [1.82, 2.24) is 9.59 Å². The van der Waals surface area contributed by atoms with Crippen molar-refractivity contribution in [3.8, 4) is 10.8 Å². The zero-order chi connectivity index (χ0) is 11.4. The molecule has 0 aliphatic rings. The lowest BCUT2D eigenvalue weighted by atomic mass is 10.2. The molecule has 0 spiro atoms. The first-order valence-electron chi connectivity index (χ1n) is 4.43. The molecule has 0 N–H and O–H groups in total. The van der Waals surface area contributed by atoms with E-state index in [2.05, 4.69) is 14.3 Å². The fourth-order valence-corrected chi connectivity index (χ4v) is 1.50. The van der Waals surface area contributed by atoms with Crippen LogP contribution in [0.5, 0.6) is 10.8 Å². The number of hydrogen-bond donors (Lipinski definition) is 0. The first kappa shape index (κ1) is 10.6. The van der Waals surface area contributed by atoms with Gasteiger partial charge in [0.25, 0.3) is 0 Å². The number of methoxy groups -OCH3 is 1. The molecule has 5 nitrogen and oxygen atoms in total. The summed E-state index contributed by atoms with van der Waals surface area (Å²) in [7, 11) is 1.34. The van der Waals surface area contributed by atoms with Crippen molar-refractivity contribution in [3.63, 3.8) is 0 Å². The van der Waals surface area contributed by atoms with Crippen LogP contribution in [0.4, 0.5) is 0 Å². The van der Waals surface area contributed by atoms with Gasteiger partial charge in [0.05, 0.1) is 12.7 Å². The Labute approximate surface area is 95.8 Å². The van der Waals surface area contributed by atoms with E-state index in [1.54, 1.807) is 24.3 Å². The van der Waals surface area contributed by atoms with Crippen molar-refractivity contribution in [2.75, 3.05) is 7.11 Å². The number of nitrogens with zero attached hydrogens (tertiary/aromatic N) is 2. The Morgan fingerprint density at radius 3 is 2.62 bits per heavy atom. The minimum atomic E-state index is -0.369. The minimum absolute atomic E-state index is 0.369. The van der Waals surface area contributed by atoms with Gasteiger partial charge in [0.1, 0.15) is 11.9 Å². The number of carbonyl (C=O) groups excluding carboxylic acids is 1. The first-order chi connectivity index (χ1) is 7.79. The molecule has 0 atom stereocenters. The van der Waals surface area contributed by atoms with E-state index in [0.29, 0.717) is 16.4 Å². The maximum absolute atomic E-state index is 11.2. The quantitative estimate of drug-likeness (QED) is 0.764. The van der Waals surface area contributed by atoms with Crippen LogP contribution in [0.15, 0.2) is 30.5 Å². The molecule has 0 unspecified atom stereocenters. The summed E-state index contributed by atoms with van der Waals surface area (Å²) in [6, 6.07) is 6.64. The molecule has 2 rings (SSSR count). The van der Waals surface area contributed by atoms with Gasteiger partial charge in [-0.1, -0.05) is 4.49 Å². The van der Waals surface area contributed by atoms with Gasteiger partial charge in [-0.2, -0.15) is 0 Å². The molecule has 0 radical (unpaired) electrons. The van der Waals surface area contributed by atoms with Crippen molar-refractivity contribution < 1.29 is 14.3 Å². The maximum atomic E-state index is 11.2. The number of benzene rings is 1. The predicted octanol–water partition coefficient (Wildman–Crippen LogP) is 2.12. The molecule has 0 aliphatic carbocycles. The highest BCUT2D eigenvalue weighted by Gasteiger charge is 2.05. The largest absolute Gasteiger partial charge is 0.465 e. The van der Waals surface area contributed by atoms with Crippen LogP contribution < -0.4 is 4.74 Å². The topological polar surface area (TPSA) is 61.3 Å². The molecule has 0 saturated heterocycles. The maximum Gasteiger partial charge on any atom is 0.337 e. The highest BCUT2D eigenvalue weighted by atomic mass is 32.1. The Morgan fingerprint density at radius 1 is 1.31 bits per heavy atom. The van der Waals surface area contributed by atoms with Gasteiger partial charge < -0.3 is 9.47 Å². The van der Waals surface area contributed by atoms with Crippen LogP contribution in [0.2, 0.25) is 0 Å². The van der Waals surface area contributed by atoms with Gasteiger partial charge in [-0.3, -0.25) is 0 Å². The van der Waals surface area contributed by atoms with E-state index in [1.165, 1.54) is 13.3 Å². The van der Waals surface area contributed by atoms with Crippen molar-refractivity contribution >= 4 is 17.5 Å². The lowest BCUT2D eigenvalue weighted by Gasteiger charge is -2.02. The van der Waals surface area contributed by atoms with Crippen LogP contribution in [0.1, 0.15) is 10.4 Å². The number of esters is 1. The van der Waals surface area contributed by atoms with Crippen LogP contribution >= 0.6 is 11.5 Å². The molecule has 0 fully saturated rings. The van der Waals surface area contributed by atoms with E-state index in [4.69, 9.17) is 4.74 Å². The van der Waals surface area contributed by atoms with E-state index < -0.39 is 0 Å². The lowest BCUT2D eigenvalue weighted by molar-refractivity contribution is 0.0600. The fourth-order valence-electron chi connectivity index (χ4n) is 1.10. The van der Waals surface area contributed by atoms with Gasteiger partial charge in [-0.25, -0.2) is 4.79 Å². The van der Waals surface area contributed by atoms with E-state index >= 15 is 0 Å². The van der Waals surface area contributed by atoms with Gasteiger partial charge in [0, 0.05) is 11.5 Å². The number of hydrogen-bond acceptors (Lipinski definition) is 6. The molecule has 2 aromatic rings. The van der Waals surface area contributed by atoms with Crippen LogP contribution in [-0.4, -0.2) is 22.7 Å². The Hall–Kier alpha value is -1.95. The molecule has 0 saturated carbocycles. The number of aromatic nitrogens is 2. The van der Waals surface area contributed by atoms with Gasteiger partial charge in [-0.15, -0.1) is 5.10 Å². The van der Waals surface area contributed by atoms with E-state index in [0.717, 1.165) is 11.5 Å². The molecule has 6 heteroatoms. The molecule has 0 bridgehead atoms. The highest BCUT2D eigenvalue weighted by molar-refractivity contribution is 7.07. The second kappa shape index (κ2) is 4.71. The van der Waals surface area contributed by atoms with Gasteiger partial charge in [0.2, 0.25) is 5.06 Å². The monoisotopic (exact) mass is 236 g/mol. The second-order valence-corrected chi connectivity index (χ2v) is 3.60. The summed E-state index contributed by atoms with van der Waals surface area (Å²) in [5.41, 5.74) is 0.484. The Bertz CT molecular complexity index is 467. The minimum Gasteiger partial charge on any atom is -0.465 e. The third kappa shape index (κ3) is 2.34. The molecule has 0 amide bonds. The summed E-state index contributed by atoms with van der Waals surface area (Å²) in [6.45, 7) is 0. The van der Waals surface area contributed by atoms with Crippen LogP contribution in [0.25, 0.3) is 0 Å². The average molecular weight is 236 g/mol. The van der Waals surface area contributed by atoms with E-state index in [1.807, 2.05) is 0 Å². The summed E-state index contributed by atoms with van der Waals surface area (Å²) in [5, 5.41) is 4.25. The van der Waals surface area contributed by atoms with Crippen LogP contribution in [-0.2, 0) is 4.74 Å². The zero-order valence-corrected chi connectivity index (χ0v) is 9.23. The van der Waals surface area contributed by atoms with Crippen molar-refractivity contribution in [2.45, 2.75) is 0 Å². The van der Waals surface area contributed by atoms with Gasteiger partial charge in [0.15, 0.2) is 0 Å². The fraction of sp³-hybridized carbons (Fsp3) is 0.100. The summed E-state index contributed by atoms with van der Waals surface area (Å²) < 4.78 is 13.7. The molecule has 82 valence electrons. The predicted molar refractivity (Wildman–Crippen MR) is 57.8 cm³/mol. The number of ether oxygens (including phenoxy) is 2. The highest BCUT2D eigenvalue weighted by Crippen LogP contribution is 2.23. The smallest absolute Gasteiger partial charge is 0.337 e. The van der Waals surface area contributed by atoms with Crippen molar-refractivity contribution in [3.05, 3.63) is 36.0 Å². The van der Waals surface area contributed by atoms with Crippen molar-refractivity contribution in [2.24, 2.45) is 0 Å². The zero-order valence-electron chi connectivity index (χ0n) is 8.41. The second-order valence-electron chi connectivity index (χ2n) is 2.85.